The molecule has 0 N–H and O–H groups in total. The Balaban J connectivity index is 2.03. The monoisotopic (exact) mass is 415 g/mol. The van der Waals surface area contributed by atoms with Gasteiger partial charge in [0.2, 0.25) is 0 Å². The Morgan fingerprint density at radius 2 is 1.80 bits per heavy atom. The number of nitriles is 2. The van der Waals surface area contributed by atoms with Gasteiger partial charge in [-0.25, -0.2) is 0 Å². The molecule has 4 rings (SSSR count). The Kier molecular flexibility index (Phi) is 4.72. The van der Waals surface area contributed by atoms with Crippen LogP contribution in [-0.4, -0.2) is 16.7 Å². The van der Waals surface area contributed by atoms with Crippen LogP contribution in [-0.2, 0) is 4.79 Å². The minimum absolute atomic E-state index is 0.00567. The number of Topliss-reactive ketones (excluding diaryl/α,β-unsaturated/α-hetero) is 1. The molecule has 2 aromatic rings. The zero-order chi connectivity index (χ0) is 21.7. The summed E-state index contributed by atoms with van der Waals surface area (Å²) in [4.78, 5) is 15.6. The lowest BCUT2D eigenvalue weighted by molar-refractivity contribution is -0.130. The second-order valence-corrected chi connectivity index (χ2v) is 9.42. The van der Waals surface area contributed by atoms with Crippen LogP contribution in [0.4, 0.5) is 0 Å². The molecule has 1 saturated heterocycles. The lowest BCUT2D eigenvalue weighted by atomic mass is 9.66. The van der Waals surface area contributed by atoms with Crippen LogP contribution >= 0.6 is 11.6 Å². The SMILES string of the molecule is CC(C)(C)C(=O)[C@@H]1[C@@H](c2cccc(Cl)c2)C(C#N)(C#N)[C@@H]2c3ccccc3C=CN12. The summed E-state index contributed by atoms with van der Waals surface area (Å²) in [5, 5.41) is 21.3. The summed E-state index contributed by atoms with van der Waals surface area (Å²) in [6.07, 6.45) is 3.82. The summed E-state index contributed by atoms with van der Waals surface area (Å²) in [5.74, 6) is -0.646. The van der Waals surface area contributed by atoms with Crippen molar-refractivity contribution in [3.63, 3.8) is 0 Å². The van der Waals surface area contributed by atoms with E-state index in [4.69, 9.17) is 11.6 Å². The molecule has 4 nitrogen and oxygen atoms in total. The maximum absolute atomic E-state index is 13.7. The normalized spacial score (nSPS) is 23.8. The van der Waals surface area contributed by atoms with E-state index in [2.05, 4.69) is 12.1 Å². The molecule has 0 spiro atoms. The number of ketones is 1. The predicted octanol–water partition coefficient (Wildman–Crippen LogP) is 5.48. The molecule has 3 atom stereocenters. The highest BCUT2D eigenvalue weighted by Gasteiger charge is 2.64. The largest absolute Gasteiger partial charge is 0.357 e. The van der Waals surface area contributed by atoms with Crippen molar-refractivity contribution in [3.8, 4) is 12.1 Å². The van der Waals surface area contributed by atoms with Crippen LogP contribution in [0.1, 0.15) is 49.4 Å². The Morgan fingerprint density at radius 3 is 2.43 bits per heavy atom. The highest BCUT2D eigenvalue weighted by Crippen LogP contribution is 2.60. The van der Waals surface area contributed by atoms with Gasteiger partial charge in [0.25, 0.3) is 0 Å². The van der Waals surface area contributed by atoms with Crippen LogP contribution in [0.3, 0.4) is 0 Å². The van der Waals surface area contributed by atoms with Gasteiger partial charge in [-0.15, -0.1) is 0 Å². The van der Waals surface area contributed by atoms with Crippen molar-refractivity contribution in [3.05, 3.63) is 76.4 Å². The molecular weight excluding hydrogens is 394 g/mol. The van der Waals surface area contributed by atoms with Crippen molar-refractivity contribution in [1.29, 1.82) is 10.5 Å². The first-order chi connectivity index (χ1) is 14.2. The van der Waals surface area contributed by atoms with Crippen LogP contribution in [0.15, 0.2) is 54.7 Å². The molecule has 2 aliphatic heterocycles. The van der Waals surface area contributed by atoms with Crippen molar-refractivity contribution in [2.45, 2.75) is 38.8 Å². The fourth-order valence-electron chi connectivity index (χ4n) is 4.81. The number of rotatable bonds is 2. The van der Waals surface area contributed by atoms with E-state index in [1.807, 2.05) is 68.3 Å². The maximum Gasteiger partial charge on any atom is 0.177 e. The summed E-state index contributed by atoms with van der Waals surface area (Å²) in [6, 6.07) is 18.4. The molecule has 0 bridgehead atoms. The Bertz CT molecular complexity index is 1120. The van der Waals surface area contributed by atoms with E-state index in [0.29, 0.717) is 5.02 Å². The number of halogens is 1. The second kappa shape index (κ2) is 7.01. The van der Waals surface area contributed by atoms with Crippen molar-refractivity contribution in [2.24, 2.45) is 10.8 Å². The van der Waals surface area contributed by atoms with E-state index in [9.17, 15) is 15.3 Å². The summed E-state index contributed by atoms with van der Waals surface area (Å²) in [7, 11) is 0. The first-order valence-electron chi connectivity index (χ1n) is 9.91. The fourth-order valence-corrected chi connectivity index (χ4v) is 5.01. The van der Waals surface area contributed by atoms with Crippen molar-refractivity contribution in [2.75, 3.05) is 0 Å². The van der Waals surface area contributed by atoms with Crippen molar-refractivity contribution < 1.29 is 4.79 Å². The van der Waals surface area contributed by atoms with Crippen molar-refractivity contribution >= 4 is 23.5 Å². The molecule has 0 amide bonds. The first kappa shape index (κ1) is 20.2. The third-order valence-electron chi connectivity index (χ3n) is 6.16. The maximum atomic E-state index is 13.7. The van der Waals surface area contributed by atoms with E-state index in [1.165, 1.54) is 0 Å². The number of carbonyl (C=O) groups is 1. The minimum atomic E-state index is -1.45. The number of carbonyl (C=O) groups excluding carboxylic acids is 1. The minimum Gasteiger partial charge on any atom is -0.357 e. The molecule has 0 unspecified atom stereocenters. The van der Waals surface area contributed by atoms with E-state index < -0.39 is 28.8 Å². The third kappa shape index (κ3) is 2.83. The molecule has 0 aromatic heterocycles. The molecular formula is C25H22ClN3O. The average molecular weight is 416 g/mol. The Morgan fingerprint density at radius 1 is 1.10 bits per heavy atom. The molecule has 30 heavy (non-hydrogen) atoms. The third-order valence-corrected chi connectivity index (χ3v) is 6.39. The van der Waals surface area contributed by atoms with Gasteiger partial charge in [0.1, 0.15) is 0 Å². The average Bonchev–Trinajstić information content (AvgIpc) is 3.03. The quantitative estimate of drug-likeness (QED) is 0.651. The molecule has 2 aliphatic rings. The summed E-state index contributed by atoms with van der Waals surface area (Å²) < 4.78 is 0. The molecule has 2 aromatic carbocycles. The van der Waals surface area contributed by atoms with Crippen LogP contribution in [0.5, 0.6) is 0 Å². The number of benzene rings is 2. The fraction of sp³-hybridized carbons (Fsp3) is 0.320. The van der Waals surface area contributed by atoms with Crippen molar-refractivity contribution in [1.82, 2.24) is 4.90 Å². The first-order valence-corrected chi connectivity index (χ1v) is 10.3. The number of hydrogen-bond acceptors (Lipinski definition) is 4. The van der Waals surface area contributed by atoms with Gasteiger partial charge in [0.15, 0.2) is 11.2 Å². The van der Waals surface area contributed by atoms with Crippen LogP contribution in [0.25, 0.3) is 6.08 Å². The lowest BCUT2D eigenvalue weighted by Crippen LogP contribution is -2.43. The molecule has 5 heteroatoms. The van der Waals surface area contributed by atoms with E-state index >= 15 is 0 Å². The molecule has 1 fully saturated rings. The molecule has 0 aliphatic carbocycles. The number of hydrogen-bond donors (Lipinski definition) is 0. The van der Waals surface area contributed by atoms with Gasteiger partial charge in [0, 0.05) is 22.6 Å². The summed E-state index contributed by atoms with van der Waals surface area (Å²) in [6.45, 7) is 5.62. The van der Waals surface area contributed by atoms with Gasteiger partial charge >= 0.3 is 0 Å². The van der Waals surface area contributed by atoms with Crippen LogP contribution in [0, 0.1) is 33.5 Å². The lowest BCUT2D eigenvalue weighted by Gasteiger charge is -2.36. The topological polar surface area (TPSA) is 67.9 Å². The highest BCUT2D eigenvalue weighted by molar-refractivity contribution is 6.30. The number of fused-ring (bicyclic) bond motifs is 3. The van der Waals surface area contributed by atoms with Gasteiger partial charge in [-0.2, -0.15) is 10.5 Å². The van der Waals surface area contributed by atoms with Gasteiger partial charge < -0.3 is 4.90 Å². The number of nitrogens with zero attached hydrogens (tertiary/aromatic N) is 3. The van der Waals surface area contributed by atoms with Gasteiger partial charge in [0.05, 0.1) is 24.2 Å². The highest BCUT2D eigenvalue weighted by atomic mass is 35.5. The van der Waals surface area contributed by atoms with Gasteiger partial charge in [-0.1, -0.05) is 68.8 Å². The zero-order valence-electron chi connectivity index (χ0n) is 17.1. The molecule has 2 heterocycles. The summed E-state index contributed by atoms with van der Waals surface area (Å²) in [5.41, 5.74) is 0.491. The van der Waals surface area contributed by atoms with Crippen LogP contribution in [0.2, 0.25) is 5.02 Å². The second-order valence-electron chi connectivity index (χ2n) is 8.98. The smallest absolute Gasteiger partial charge is 0.177 e. The molecule has 150 valence electrons. The van der Waals surface area contributed by atoms with E-state index in [-0.39, 0.29) is 5.78 Å². The summed E-state index contributed by atoms with van der Waals surface area (Å²) >= 11 is 6.28. The zero-order valence-corrected chi connectivity index (χ0v) is 17.9. The Hall–Kier alpha value is -3.08. The van der Waals surface area contributed by atoms with E-state index in [1.54, 1.807) is 18.2 Å². The standard InChI is InChI=1S/C25H22ClN3O/c1-24(2,3)23(30)21-20(17-8-6-9-18(26)13-17)25(14-27,15-28)22-19-10-5-4-7-16(19)11-12-29(21)22/h4-13,20-22H,1-3H3/t20-,21+,22+/m1/s1. The van der Waals surface area contributed by atoms with Gasteiger partial charge in [-0.3, -0.25) is 4.79 Å². The van der Waals surface area contributed by atoms with E-state index in [0.717, 1.165) is 16.7 Å². The molecule has 0 saturated carbocycles. The predicted molar refractivity (Wildman–Crippen MR) is 116 cm³/mol. The molecule has 0 radical (unpaired) electrons. The van der Waals surface area contributed by atoms with Gasteiger partial charge in [-0.05, 0) is 34.9 Å². The van der Waals surface area contributed by atoms with Crippen LogP contribution < -0.4 is 0 Å². The Labute approximate surface area is 182 Å².